The van der Waals surface area contributed by atoms with Crippen molar-refractivity contribution in [1.29, 1.82) is 0 Å². The quantitative estimate of drug-likeness (QED) is 0.707. The van der Waals surface area contributed by atoms with E-state index < -0.39 is 0 Å². The SMILES string of the molecule is CC(=O)NCCNC(=O)CN1CCCN(Cc2ccc(F)cc2)CC1. The molecule has 1 aliphatic heterocycles. The lowest BCUT2D eigenvalue weighted by molar-refractivity contribution is -0.123. The van der Waals surface area contributed by atoms with Crippen LogP contribution in [-0.2, 0) is 16.1 Å². The predicted octanol–water partition coefficient (Wildman–Crippen LogP) is 0.586. The van der Waals surface area contributed by atoms with Crippen LogP contribution < -0.4 is 10.6 Å². The first-order chi connectivity index (χ1) is 12.0. The number of benzene rings is 1. The van der Waals surface area contributed by atoms with E-state index in [-0.39, 0.29) is 17.6 Å². The summed E-state index contributed by atoms with van der Waals surface area (Å²) in [6, 6.07) is 6.62. The Morgan fingerprint density at radius 3 is 2.36 bits per heavy atom. The molecule has 0 radical (unpaired) electrons. The summed E-state index contributed by atoms with van der Waals surface area (Å²) in [5.74, 6) is -0.323. The van der Waals surface area contributed by atoms with E-state index >= 15 is 0 Å². The zero-order chi connectivity index (χ0) is 18.1. The van der Waals surface area contributed by atoms with Crippen LogP contribution in [0.1, 0.15) is 18.9 Å². The monoisotopic (exact) mass is 350 g/mol. The fourth-order valence-electron chi connectivity index (χ4n) is 2.89. The third-order valence-electron chi connectivity index (χ3n) is 4.19. The number of amides is 2. The van der Waals surface area contributed by atoms with Gasteiger partial charge in [-0.25, -0.2) is 4.39 Å². The molecule has 0 spiro atoms. The highest BCUT2D eigenvalue weighted by atomic mass is 19.1. The van der Waals surface area contributed by atoms with Crippen molar-refractivity contribution in [2.45, 2.75) is 19.9 Å². The summed E-state index contributed by atoms with van der Waals surface area (Å²) in [5.41, 5.74) is 1.10. The number of rotatable bonds is 7. The summed E-state index contributed by atoms with van der Waals surface area (Å²) in [4.78, 5) is 27.2. The Labute approximate surface area is 148 Å². The summed E-state index contributed by atoms with van der Waals surface area (Å²) in [7, 11) is 0. The van der Waals surface area contributed by atoms with Crippen molar-refractivity contribution in [3.8, 4) is 0 Å². The van der Waals surface area contributed by atoms with Crippen molar-refractivity contribution in [3.05, 3.63) is 35.6 Å². The molecular formula is C18H27FN4O2. The van der Waals surface area contributed by atoms with Crippen LogP contribution in [-0.4, -0.2) is 67.4 Å². The van der Waals surface area contributed by atoms with Crippen molar-refractivity contribution in [1.82, 2.24) is 20.4 Å². The molecule has 1 fully saturated rings. The van der Waals surface area contributed by atoms with Gasteiger partial charge in [-0.15, -0.1) is 0 Å². The summed E-state index contributed by atoms with van der Waals surface area (Å²) in [6.07, 6.45) is 1.00. The van der Waals surface area contributed by atoms with Gasteiger partial charge in [0.2, 0.25) is 11.8 Å². The molecule has 7 heteroatoms. The van der Waals surface area contributed by atoms with Gasteiger partial charge in [-0.05, 0) is 37.2 Å². The van der Waals surface area contributed by atoms with Crippen LogP contribution in [0.15, 0.2) is 24.3 Å². The molecule has 0 atom stereocenters. The Bertz CT molecular complexity index is 565. The standard InChI is InChI=1S/C18H27FN4O2/c1-15(24)20-7-8-21-18(25)14-23-10-2-9-22(11-12-23)13-16-3-5-17(19)6-4-16/h3-6H,2,7-14H2,1H3,(H,20,24)(H,21,25). The number of carbonyl (C=O) groups is 2. The topological polar surface area (TPSA) is 64.7 Å². The first-order valence-corrected chi connectivity index (χ1v) is 8.73. The van der Waals surface area contributed by atoms with E-state index in [0.29, 0.717) is 19.6 Å². The lowest BCUT2D eigenvalue weighted by Crippen LogP contribution is -2.41. The Balaban J connectivity index is 1.68. The normalized spacial score (nSPS) is 16.2. The second kappa shape index (κ2) is 10.1. The van der Waals surface area contributed by atoms with Gasteiger partial charge in [0.05, 0.1) is 6.54 Å². The molecule has 0 aromatic heterocycles. The summed E-state index contributed by atoms with van der Waals surface area (Å²) in [6.45, 7) is 7.11. The van der Waals surface area contributed by atoms with Gasteiger partial charge in [-0.2, -0.15) is 0 Å². The molecule has 138 valence electrons. The van der Waals surface area contributed by atoms with Crippen LogP contribution >= 0.6 is 0 Å². The summed E-state index contributed by atoms with van der Waals surface area (Å²) in [5, 5.41) is 5.47. The van der Waals surface area contributed by atoms with Crippen molar-refractivity contribution < 1.29 is 14.0 Å². The number of carbonyl (C=O) groups excluding carboxylic acids is 2. The number of nitrogens with zero attached hydrogens (tertiary/aromatic N) is 2. The van der Waals surface area contributed by atoms with E-state index in [9.17, 15) is 14.0 Å². The zero-order valence-corrected chi connectivity index (χ0v) is 14.8. The van der Waals surface area contributed by atoms with Gasteiger partial charge in [0.15, 0.2) is 0 Å². The lowest BCUT2D eigenvalue weighted by Gasteiger charge is -2.21. The second-order valence-electron chi connectivity index (χ2n) is 6.37. The van der Waals surface area contributed by atoms with Crippen molar-refractivity contribution in [3.63, 3.8) is 0 Å². The molecule has 0 aliphatic carbocycles. The zero-order valence-electron chi connectivity index (χ0n) is 14.8. The highest BCUT2D eigenvalue weighted by Gasteiger charge is 2.17. The van der Waals surface area contributed by atoms with Crippen LogP contribution in [0.4, 0.5) is 4.39 Å². The van der Waals surface area contributed by atoms with Gasteiger partial charge in [-0.3, -0.25) is 19.4 Å². The van der Waals surface area contributed by atoms with Gasteiger partial charge in [0.25, 0.3) is 0 Å². The largest absolute Gasteiger partial charge is 0.355 e. The van der Waals surface area contributed by atoms with E-state index in [4.69, 9.17) is 0 Å². The highest BCUT2D eigenvalue weighted by molar-refractivity contribution is 5.78. The average molecular weight is 350 g/mol. The van der Waals surface area contributed by atoms with Crippen LogP contribution in [0, 0.1) is 5.82 Å². The van der Waals surface area contributed by atoms with E-state index in [1.54, 1.807) is 0 Å². The van der Waals surface area contributed by atoms with E-state index in [0.717, 1.165) is 44.7 Å². The molecule has 0 unspecified atom stereocenters. The molecule has 2 amide bonds. The maximum Gasteiger partial charge on any atom is 0.234 e. The van der Waals surface area contributed by atoms with Crippen molar-refractivity contribution in [2.75, 3.05) is 45.8 Å². The Hall–Kier alpha value is -1.99. The molecule has 1 aromatic carbocycles. The minimum atomic E-state index is -0.213. The van der Waals surface area contributed by atoms with Crippen molar-refractivity contribution in [2.24, 2.45) is 0 Å². The van der Waals surface area contributed by atoms with Gasteiger partial charge in [-0.1, -0.05) is 12.1 Å². The van der Waals surface area contributed by atoms with Gasteiger partial charge in [0.1, 0.15) is 5.82 Å². The average Bonchev–Trinajstić information content (AvgIpc) is 2.79. The molecule has 2 N–H and O–H groups in total. The summed E-state index contributed by atoms with van der Waals surface area (Å²) < 4.78 is 13.0. The molecule has 6 nitrogen and oxygen atoms in total. The molecule has 0 bridgehead atoms. The van der Waals surface area contributed by atoms with Crippen molar-refractivity contribution >= 4 is 11.8 Å². The van der Waals surface area contributed by atoms with Crippen LogP contribution in [0.5, 0.6) is 0 Å². The number of halogens is 1. The van der Waals surface area contributed by atoms with Crippen LogP contribution in [0.3, 0.4) is 0 Å². The smallest absolute Gasteiger partial charge is 0.234 e. The third kappa shape index (κ3) is 7.62. The van der Waals surface area contributed by atoms with Crippen LogP contribution in [0.25, 0.3) is 0 Å². The molecule has 1 aromatic rings. The van der Waals surface area contributed by atoms with Crippen LogP contribution in [0.2, 0.25) is 0 Å². The fraction of sp³-hybridized carbons (Fsp3) is 0.556. The molecule has 0 saturated carbocycles. The predicted molar refractivity (Wildman–Crippen MR) is 94.4 cm³/mol. The first kappa shape index (κ1) is 19.3. The maximum absolute atomic E-state index is 13.0. The van der Waals surface area contributed by atoms with E-state index in [1.165, 1.54) is 19.1 Å². The minimum absolute atomic E-state index is 0.0164. The minimum Gasteiger partial charge on any atom is -0.355 e. The van der Waals surface area contributed by atoms with Gasteiger partial charge < -0.3 is 10.6 Å². The Morgan fingerprint density at radius 2 is 1.64 bits per heavy atom. The fourth-order valence-corrected chi connectivity index (χ4v) is 2.89. The lowest BCUT2D eigenvalue weighted by atomic mass is 10.2. The van der Waals surface area contributed by atoms with E-state index in [2.05, 4.69) is 20.4 Å². The molecule has 1 aliphatic rings. The highest BCUT2D eigenvalue weighted by Crippen LogP contribution is 2.10. The summed E-state index contributed by atoms with van der Waals surface area (Å²) >= 11 is 0. The first-order valence-electron chi connectivity index (χ1n) is 8.73. The van der Waals surface area contributed by atoms with E-state index in [1.807, 2.05) is 12.1 Å². The molecular weight excluding hydrogens is 323 g/mol. The molecule has 1 saturated heterocycles. The Kier molecular flexibility index (Phi) is 7.81. The second-order valence-corrected chi connectivity index (χ2v) is 6.37. The van der Waals surface area contributed by atoms with Gasteiger partial charge >= 0.3 is 0 Å². The molecule has 25 heavy (non-hydrogen) atoms. The maximum atomic E-state index is 13.0. The number of hydrogen-bond acceptors (Lipinski definition) is 4. The molecule has 1 heterocycles. The third-order valence-corrected chi connectivity index (χ3v) is 4.19. The molecule has 2 rings (SSSR count). The number of nitrogens with one attached hydrogen (secondary N) is 2. The Morgan fingerprint density at radius 1 is 1.00 bits per heavy atom. The van der Waals surface area contributed by atoms with Gasteiger partial charge in [0, 0.05) is 39.6 Å². The number of hydrogen-bond donors (Lipinski definition) is 2.